The highest BCUT2D eigenvalue weighted by atomic mass is 35.5. The van der Waals surface area contributed by atoms with Gasteiger partial charge in [0.25, 0.3) is 5.91 Å². The second kappa shape index (κ2) is 10.6. The second-order valence-corrected chi connectivity index (χ2v) is 8.65. The highest BCUT2D eigenvalue weighted by molar-refractivity contribution is 7.80. The maximum atomic E-state index is 13.4. The number of halogens is 1. The van der Waals surface area contributed by atoms with Gasteiger partial charge in [-0.25, -0.2) is 0 Å². The molecule has 1 fully saturated rings. The van der Waals surface area contributed by atoms with Crippen molar-refractivity contribution in [3.63, 3.8) is 0 Å². The zero-order chi connectivity index (χ0) is 23.2. The van der Waals surface area contributed by atoms with E-state index in [2.05, 4.69) is 17.4 Å². The van der Waals surface area contributed by atoms with Crippen molar-refractivity contribution in [1.82, 2.24) is 4.90 Å². The van der Waals surface area contributed by atoms with Crippen LogP contribution < -0.4 is 10.2 Å². The van der Waals surface area contributed by atoms with Crippen LogP contribution in [-0.4, -0.2) is 34.4 Å². The van der Waals surface area contributed by atoms with E-state index in [0.717, 1.165) is 12.8 Å². The molecule has 1 atom stereocenters. The zero-order valence-corrected chi connectivity index (χ0v) is 19.6. The fourth-order valence-corrected chi connectivity index (χ4v) is 4.46. The maximum Gasteiger partial charge on any atom is 0.256 e. The Morgan fingerprint density at radius 2 is 1.58 bits per heavy atom. The molecule has 2 amide bonds. The number of hydrogen-bond donors (Lipinski definition) is 1. The van der Waals surface area contributed by atoms with E-state index in [1.807, 2.05) is 53.4 Å². The van der Waals surface area contributed by atoms with Crippen LogP contribution in [0.2, 0.25) is 5.02 Å². The number of thiocarbonyl (C=S) groups is 1. The minimum atomic E-state index is -0.652. The molecule has 1 heterocycles. The largest absolute Gasteiger partial charge is 0.336 e. The number of aryl methyl sites for hydroxylation is 1. The fourth-order valence-electron chi connectivity index (χ4n) is 3.92. The van der Waals surface area contributed by atoms with Crippen LogP contribution in [0.5, 0.6) is 0 Å². The van der Waals surface area contributed by atoms with Gasteiger partial charge in [0.1, 0.15) is 6.04 Å². The van der Waals surface area contributed by atoms with E-state index in [4.69, 9.17) is 23.8 Å². The number of carbonyl (C=O) groups excluding carboxylic acids is 2. The van der Waals surface area contributed by atoms with Crippen LogP contribution in [0.1, 0.15) is 18.4 Å². The smallest absolute Gasteiger partial charge is 0.256 e. The molecule has 3 aromatic rings. The maximum absolute atomic E-state index is 13.4. The summed E-state index contributed by atoms with van der Waals surface area (Å²) in [4.78, 5) is 29.6. The average Bonchev–Trinajstić information content (AvgIpc) is 3.05. The van der Waals surface area contributed by atoms with Crippen molar-refractivity contribution in [2.75, 3.05) is 16.8 Å². The summed E-state index contributed by atoms with van der Waals surface area (Å²) in [7, 11) is 0. The molecule has 0 unspecified atom stereocenters. The first-order valence-electron chi connectivity index (χ1n) is 10.8. The van der Waals surface area contributed by atoms with Gasteiger partial charge in [0, 0.05) is 17.3 Å². The molecule has 5 nitrogen and oxygen atoms in total. The molecular weight excluding hydrogens is 454 g/mol. The van der Waals surface area contributed by atoms with Crippen LogP contribution in [0.4, 0.5) is 11.4 Å². The first-order valence-corrected chi connectivity index (χ1v) is 11.6. The number of benzene rings is 3. The number of amides is 2. The number of rotatable bonds is 8. The quantitative estimate of drug-likeness (QED) is 0.447. The molecular formula is C26H24ClN3O2S. The van der Waals surface area contributed by atoms with Gasteiger partial charge in [0.15, 0.2) is 5.11 Å². The van der Waals surface area contributed by atoms with Gasteiger partial charge in [-0.2, -0.15) is 0 Å². The third-order valence-electron chi connectivity index (χ3n) is 5.55. The van der Waals surface area contributed by atoms with Gasteiger partial charge in [0.05, 0.1) is 12.1 Å². The Balaban J connectivity index is 1.49. The van der Waals surface area contributed by atoms with Crippen molar-refractivity contribution in [3.05, 3.63) is 95.5 Å². The summed E-state index contributed by atoms with van der Waals surface area (Å²) in [5, 5.41) is 3.87. The summed E-state index contributed by atoms with van der Waals surface area (Å²) >= 11 is 11.6. The first kappa shape index (κ1) is 23.0. The minimum Gasteiger partial charge on any atom is -0.336 e. The standard InChI is InChI=1S/C26H24ClN3O2S/c27-20-13-15-21(16-14-20)28-24(31)18-23-25(32)30(22-11-5-2-6-12-22)26(33)29(23)17-7-10-19-8-3-1-4-9-19/h1-6,8-9,11-16,23H,7,10,17-18H2,(H,28,31)/t23-/m1/s1. The molecule has 0 saturated carbocycles. The lowest BCUT2D eigenvalue weighted by atomic mass is 10.1. The van der Waals surface area contributed by atoms with Gasteiger partial charge >= 0.3 is 0 Å². The molecule has 1 aliphatic rings. The van der Waals surface area contributed by atoms with Crippen LogP contribution in [0, 0.1) is 0 Å². The van der Waals surface area contributed by atoms with Crippen molar-refractivity contribution in [2.24, 2.45) is 0 Å². The van der Waals surface area contributed by atoms with E-state index in [1.165, 1.54) is 10.5 Å². The molecule has 33 heavy (non-hydrogen) atoms. The molecule has 0 radical (unpaired) electrons. The van der Waals surface area contributed by atoms with Crippen molar-refractivity contribution in [1.29, 1.82) is 0 Å². The topological polar surface area (TPSA) is 52.7 Å². The van der Waals surface area contributed by atoms with Crippen LogP contribution in [0.3, 0.4) is 0 Å². The third-order valence-corrected chi connectivity index (χ3v) is 6.22. The van der Waals surface area contributed by atoms with Crippen molar-refractivity contribution >= 4 is 52.1 Å². The summed E-state index contributed by atoms with van der Waals surface area (Å²) in [6.45, 7) is 0.585. The Labute approximate surface area is 204 Å². The molecule has 0 aliphatic carbocycles. The number of hydrogen-bond acceptors (Lipinski definition) is 3. The summed E-state index contributed by atoms with van der Waals surface area (Å²) in [6.07, 6.45) is 1.69. The van der Waals surface area contributed by atoms with Crippen molar-refractivity contribution < 1.29 is 9.59 Å². The first-order chi connectivity index (χ1) is 16.0. The SMILES string of the molecule is O=C(C[C@@H]1C(=O)N(c2ccccc2)C(=S)N1CCCc1ccccc1)Nc1ccc(Cl)cc1. The molecule has 1 saturated heterocycles. The van der Waals surface area contributed by atoms with E-state index in [1.54, 1.807) is 24.3 Å². The normalized spacial score (nSPS) is 15.7. The van der Waals surface area contributed by atoms with E-state index < -0.39 is 6.04 Å². The van der Waals surface area contributed by atoms with Crippen molar-refractivity contribution in [3.8, 4) is 0 Å². The van der Waals surface area contributed by atoms with Crippen molar-refractivity contribution in [2.45, 2.75) is 25.3 Å². The molecule has 7 heteroatoms. The summed E-state index contributed by atoms with van der Waals surface area (Å²) in [6, 6.07) is 25.7. The molecule has 0 aromatic heterocycles. The number of anilines is 2. The molecule has 1 aliphatic heterocycles. The highest BCUT2D eigenvalue weighted by Gasteiger charge is 2.43. The monoisotopic (exact) mass is 477 g/mol. The fraction of sp³-hybridized carbons (Fsp3) is 0.192. The third kappa shape index (κ3) is 5.59. The predicted octanol–water partition coefficient (Wildman–Crippen LogP) is 5.30. The molecule has 0 spiro atoms. The van der Waals surface area contributed by atoms with Gasteiger partial charge in [-0.05, 0) is 67.0 Å². The Kier molecular flexibility index (Phi) is 7.37. The van der Waals surface area contributed by atoms with Crippen LogP contribution in [-0.2, 0) is 16.0 Å². The summed E-state index contributed by atoms with van der Waals surface area (Å²) in [5.41, 5.74) is 2.57. The number of para-hydroxylation sites is 1. The zero-order valence-electron chi connectivity index (χ0n) is 18.0. The van der Waals surface area contributed by atoms with Crippen LogP contribution >= 0.6 is 23.8 Å². The van der Waals surface area contributed by atoms with E-state index in [9.17, 15) is 9.59 Å². The molecule has 1 N–H and O–H groups in total. The Morgan fingerprint density at radius 3 is 2.24 bits per heavy atom. The molecule has 3 aromatic carbocycles. The molecule has 4 rings (SSSR count). The van der Waals surface area contributed by atoms with Crippen LogP contribution in [0.25, 0.3) is 0 Å². The van der Waals surface area contributed by atoms with Gasteiger partial charge in [-0.15, -0.1) is 0 Å². The molecule has 0 bridgehead atoms. The van der Waals surface area contributed by atoms with Crippen LogP contribution in [0.15, 0.2) is 84.9 Å². The van der Waals surface area contributed by atoms with Gasteiger partial charge < -0.3 is 10.2 Å². The predicted molar refractivity (Wildman–Crippen MR) is 136 cm³/mol. The van der Waals surface area contributed by atoms with Gasteiger partial charge in [-0.3, -0.25) is 14.5 Å². The average molecular weight is 478 g/mol. The number of carbonyl (C=O) groups is 2. The number of nitrogens with one attached hydrogen (secondary N) is 1. The summed E-state index contributed by atoms with van der Waals surface area (Å²) < 4.78 is 0. The minimum absolute atomic E-state index is 0.0102. The second-order valence-electron chi connectivity index (χ2n) is 7.85. The van der Waals surface area contributed by atoms with Gasteiger partial charge in [-0.1, -0.05) is 60.1 Å². The Morgan fingerprint density at radius 1 is 0.939 bits per heavy atom. The lowest BCUT2D eigenvalue weighted by molar-refractivity contribution is -0.124. The van der Waals surface area contributed by atoms with E-state index in [-0.39, 0.29) is 18.2 Å². The van der Waals surface area contributed by atoms with Gasteiger partial charge in [0.2, 0.25) is 5.91 Å². The Hall–Kier alpha value is -3.22. The number of nitrogens with zero attached hydrogens (tertiary/aromatic N) is 2. The lowest BCUT2D eigenvalue weighted by Gasteiger charge is -2.24. The molecule has 168 valence electrons. The Bertz CT molecular complexity index is 1120. The summed E-state index contributed by atoms with van der Waals surface area (Å²) in [5.74, 6) is -0.432. The van der Waals surface area contributed by atoms with E-state index in [0.29, 0.717) is 28.1 Å². The highest BCUT2D eigenvalue weighted by Crippen LogP contribution is 2.28. The van der Waals surface area contributed by atoms with E-state index >= 15 is 0 Å². The lowest BCUT2D eigenvalue weighted by Crippen LogP contribution is -2.38.